The molecule has 2 aliphatic rings. The molecular formula is C16H9NO. The molecule has 1 aliphatic carbocycles. The molecule has 0 unspecified atom stereocenters. The lowest BCUT2D eigenvalue weighted by atomic mass is 10.0. The molecule has 0 N–H and O–H groups in total. The molecule has 1 heterocycles. The predicted molar refractivity (Wildman–Crippen MR) is 70.3 cm³/mol. The van der Waals surface area contributed by atoms with Crippen LogP contribution in [-0.4, -0.2) is 6.29 Å². The molecule has 18 heavy (non-hydrogen) atoms. The summed E-state index contributed by atoms with van der Waals surface area (Å²) in [6.45, 7) is 0. The summed E-state index contributed by atoms with van der Waals surface area (Å²) in [5, 5.41) is 2.05. The molecule has 0 aromatic heterocycles. The van der Waals surface area contributed by atoms with E-state index >= 15 is 0 Å². The first-order valence-electron chi connectivity index (χ1n) is 5.86. The molecule has 2 aromatic rings. The van der Waals surface area contributed by atoms with Crippen molar-refractivity contribution in [1.29, 1.82) is 0 Å². The Morgan fingerprint density at radius 1 is 0.889 bits per heavy atom. The average molecular weight is 231 g/mol. The monoisotopic (exact) mass is 231 g/mol. The number of allylic oxidation sites excluding steroid dienone is 1. The second kappa shape index (κ2) is 3.26. The number of benzene rings is 2. The first kappa shape index (κ1) is 9.54. The van der Waals surface area contributed by atoms with E-state index in [1.54, 1.807) is 0 Å². The first-order valence-corrected chi connectivity index (χ1v) is 5.86. The number of carbonyl (C=O) groups is 1. The highest BCUT2D eigenvalue weighted by atomic mass is 16.1. The van der Waals surface area contributed by atoms with Gasteiger partial charge < -0.3 is 0 Å². The van der Waals surface area contributed by atoms with Gasteiger partial charge in [0.1, 0.15) is 5.70 Å². The third-order valence-corrected chi connectivity index (χ3v) is 3.46. The van der Waals surface area contributed by atoms with Gasteiger partial charge in [0.2, 0.25) is 0 Å². The molecule has 4 rings (SSSR count). The van der Waals surface area contributed by atoms with Gasteiger partial charge in [0.25, 0.3) is 0 Å². The fourth-order valence-electron chi connectivity index (χ4n) is 2.65. The number of aldehydes is 1. The van der Waals surface area contributed by atoms with Gasteiger partial charge in [0.15, 0.2) is 6.29 Å². The van der Waals surface area contributed by atoms with Gasteiger partial charge in [-0.2, -0.15) is 0 Å². The van der Waals surface area contributed by atoms with Crippen LogP contribution in [0, 0.1) is 0 Å². The number of nitrogens with zero attached hydrogens (tertiary/aromatic N) is 1. The van der Waals surface area contributed by atoms with Crippen LogP contribution in [-0.2, 0) is 4.79 Å². The molecule has 0 saturated heterocycles. The van der Waals surface area contributed by atoms with Gasteiger partial charge in [-0.15, -0.1) is 0 Å². The van der Waals surface area contributed by atoms with Gasteiger partial charge in [0.05, 0.1) is 5.36 Å². The third-order valence-electron chi connectivity index (χ3n) is 3.46. The maximum atomic E-state index is 10.8. The third kappa shape index (κ3) is 1.12. The number of carbonyl (C=O) groups excluding carboxylic acids is 1. The van der Waals surface area contributed by atoms with Crippen molar-refractivity contribution in [2.24, 2.45) is 4.99 Å². The van der Waals surface area contributed by atoms with Crippen LogP contribution in [0.1, 0.15) is 11.1 Å². The number of rotatable bonds is 1. The summed E-state index contributed by atoms with van der Waals surface area (Å²) >= 11 is 0. The van der Waals surface area contributed by atoms with E-state index in [1.807, 2.05) is 24.3 Å². The van der Waals surface area contributed by atoms with Crippen LogP contribution in [0.15, 0.2) is 47.1 Å². The summed E-state index contributed by atoms with van der Waals surface area (Å²) in [6.07, 6.45) is 4.78. The maximum absolute atomic E-state index is 10.8. The quantitative estimate of drug-likeness (QED) is 0.586. The Kier molecular flexibility index (Phi) is 1.73. The maximum Gasteiger partial charge on any atom is 0.168 e. The van der Waals surface area contributed by atoms with Crippen LogP contribution in [0.2, 0.25) is 0 Å². The van der Waals surface area contributed by atoms with Crippen LogP contribution < -0.4 is 10.6 Å². The van der Waals surface area contributed by atoms with E-state index in [2.05, 4.69) is 29.3 Å². The summed E-state index contributed by atoms with van der Waals surface area (Å²) in [5.74, 6) is 0. The number of hydrogen-bond donors (Lipinski definition) is 0. The Morgan fingerprint density at radius 2 is 1.78 bits per heavy atom. The Morgan fingerprint density at radius 3 is 2.67 bits per heavy atom. The van der Waals surface area contributed by atoms with Gasteiger partial charge in [-0.1, -0.05) is 36.4 Å². The van der Waals surface area contributed by atoms with E-state index in [0.717, 1.165) is 22.4 Å². The molecule has 0 saturated carbocycles. The van der Waals surface area contributed by atoms with Crippen molar-refractivity contribution in [3.8, 4) is 11.1 Å². The molecule has 2 heteroatoms. The molecule has 0 amide bonds. The lowest BCUT2D eigenvalue weighted by Gasteiger charge is -2.00. The highest BCUT2D eigenvalue weighted by Crippen LogP contribution is 2.26. The molecule has 1 aliphatic heterocycles. The Bertz CT molecular complexity index is 844. The van der Waals surface area contributed by atoms with Crippen LogP contribution in [0.25, 0.3) is 23.3 Å². The molecule has 84 valence electrons. The van der Waals surface area contributed by atoms with Crippen molar-refractivity contribution in [2.45, 2.75) is 0 Å². The highest BCUT2D eigenvalue weighted by Gasteiger charge is 2.15. The molecule has 0 bridgehead atoms. The minimum atomic E-state index is 0.503. The normalized spacial score (nSPS) is 13.9. The molecular weight excluding hydrogens is 222 g/mol. The zero-order valence-electron chi connectivity index (χ0n) is 9.55. The van der Waals surface area contributed by atoms with Gasteiger partial charge in [-0.25, -0.2) is 4.99 Å². The van der Waals surface area contributed by atoms with Gasteiger partial charge in [-0.3, -0.25) is 4.79 Å². The van der Waals surface area contributed by atoms with Crippen LogP contribution in [0.4, 0.5) is 0 Å². The van der Waals surface area contributed by atoms with E-state index in [4.69, 9.17) is 0 Å². The number of hydrogen-bond acceptors (Lipinski definition) is 2. The van der Waals surface area contributed by atoms with Crippen molar-refractivity contribution in [3.63, 3.8) is 0 Å². The fourth-order valence-corrected chi connectivity index (χ4v) is 2.65. The Labute approximate surface area is 104 Å². The van der Waals surface area contributed by atoms with E-state index in [0.29, 0.717) is 5.70 Å². The topological polar surface area (TPSA) is 29.4 Å². The average Bonchev–Trinajstić information content (AvgIpc) is 2.98. The number of fused-ring (bicyclic) bond motifs is 5. The fraction of sp³-hybridized carbons (Fsp3) is 0. The van der Waals surface area contributed by atoms with Gasteiger partial charge in [0, 0.05) is 10.8 Å². The zero-order chi connectivity index (χ0) is 12.1. The molecule has 0 fully saturated rings. The summed E-state index contributed by atoms with van der Waals surface area (Å²) in [4.78, 5) is 15.2. The van der Waals surface area contributed by atoms with Crippen molar-refractivity contribution < 1.29 is 4.79 Å². The summed E-state index contributed by atoms with van der Waals surface area (Å²) < 4.78 is 0. The second-order valence-electron chi connectivity index (χ2n) is 4.50. The van der Waals surface area contributed by atoms with E-state index in [-0.39, 0.29) is 0 Å². The lowest BCUT2D eigenvalue weighted by molar-refractivity contribution is -0.104. The minimum absolute atomic E-state index is 0.503. The second-order valence-corrected chi connectivity index (χ2v) is 4.50. The lowest BCUT2D eigenvalue weighted by Crippen LogP contribution is -2.26. The van der Waals surface area contributed by atoms with Gasteiger partial charge >= 0.3 is 0 Å². The summed E-state index contributed by atoms with van der Waals surface area (Å²) in [5.41, 5.74) is 5.19. The van der Waals surface area contributed by atoms with Crippen molar-refractivity contribution in [3.05, 3.63) is 63.8 Å². The molecule has 0 spiro atoms. The van der Waals surface area contributed by atoms with Crippen molar-refractivity contribution in [2.75, 3.05) is 0 Å². The van der Waals surface area contributed by atoms with Gasteiger partial charge in [-0.05, 0) is 28.8 Å². The minimum Gasteiger partial charge on any atom is -0.296 e. The molecule has 2 nitrogen and oxygen atoms in total. The summed E-state index contributed by atoms with van der Waals surface area (Å²) in [7, 11) is 0. The highest BCUT2D eigenvalue weighted by molar-refractivity contribution is 5.86. The van der Waals surface area contributed by atoms with E-state index < -0.39 is 0 Å². The zero-order valence-corrected chi connectivity index (χ0v) is 9.55. The van der Waals surface area contributed by atoms with Crippen LogP contribution >= 0.6 is 0 Å². The summed E-state index contributed by atoms with van der Waals surface area (Å²) in [6, 6.07) is 12.4. The molecule has 2 aromatic carbocycles. The van der Waals surface area contributed by atoms with Crippen LogP contribution in [0.3, 0.4) is 0 Å². The van der Waals surface area contributed by atoms with Crippen LogP contribution in [0.5, 0.6) is 0 Å². The largest absolute Gasteiger partial charge is 0.296 e. The standard InChI is InChI=1S/C16H9NO/c18-9-12-7-11-5-6-14-13-4-2-1-3-10(13)8-15(14)16(11)17-12/h1-9H. The molecule has 0 atom stereocenters. The van der Waals surface area contributed by atoms with Crippen molar-refractivity contribution in [1.82, 2.24) is 0 Å². The first-order chi connectivity index (χ1) is 8.86. The van der Waals surface area contributed by atoms with E-state index in [1.165, 1.54) is 16.7 Å². The SMILES string of the molecule is O=CC1=Cc2ccc3c(c2=N1)=Cc1ccccc1-3. The molecule has 0 radical (unpaired) electrons. The van der Waals surface area contributed by atoms with Crippen molar-refractivity contribution >= 4 is 18.4 Å². The smallest absolute Gasteiger partial charge is 0.168 e. The Balaban J connectivity index is 2.11. The van der Waals surface area contributed by atoms with E-state index in [9.17, 15) is 4.79 Å². The predicted octanol–water partition coefficient (Wildman–Crippen LogP) is 1.67. The Hall–Kier alpha value is -2.48.